The van der Waals surface area contributed by atoms with E-state index in [4.69, 9.17) is 0 Å². The molecule has 210 valence electrons. The first-order valence-electron chi connectivity index (χ1n) is 15.2. The van der Waals surface area contributed by atoms with Crippen molar-refractivity contribution in [3.8, 4) is 0 Å². The van der Waals surface area contributed by atoms with Crippen molar-refractivity contribution in [2.75, 3.05) is 0 Å². The van der Waals surface area contributed by atoms with E-state index in [2.05, 4.69) is 179 Å². The van der Waals surface area contributed by atoms with E-state index in [0.717, 1.165) is 6.42 Å². The maximum atomic E-state index is 3.11. The maximum absolute atomic E-state index is 3.11. The van der Waals surface area contributed by atoms with Gasteiger partial charge >= 0.3 is 0 Å². The third kappa shape index (κ3) is 4.37. The van der Waals surface area contributed by atoms with Crippen LogP contribution in [0.3, 0.4) is 0 Å². The number of hydrogen-bond donors (Lipinski definition) is 0. The Morgan fingerprint density at radius 3 is 1.80 bits per heavy atom. The van der Waals surface area contributed by atoms with Crippen LogP contribution in [0.15, 0.2) is 164 Å². The lowest BCUT2D eigenvalue weighted by molar-refractivity contribution is 0.816. The molecule has 2 heteroatoms. The van der Waals surface area contributed by atoms with Crippen molar-refractivity contribution in [1.29, 1.82) is 0 Å². The molecule has 1 aliphatic carbocycles. The van der Waals surface area contributed by atoms with Gasteiger partial charge in [-0.25, -0.2) is 0 Å². The standard InChI is InChI=1S/C42H32P2/c43-39-27-26-31-15-8-11-23-36(31)40(39)41-37-24-12-9-16-32(37)28-29-42(41,38-25-13-17-30-14-7-10-22-35(30)38)44(33-18-3-1-4-19-33)34-20-5-2-6-21-34/h1-28H,29,43H2. The van der Waals surface area contributed by atoms with Crippen molar-refractivity contribution >= 4 is 66.3 Å². The van der Waals surface area contributed by atoms with Gasteiger partial charge < -0.3 is 0 Å². The summed E-state index contributed by atoms with van der Waals surface area (Å²) in [6, 6.07) is 61.0. The smallest absolute Gasteiger partial charge is 0.0536 e. The number of hydrogen-bond acceptors (Lipinski definition) is 0. The molecule has 0 saturated carbocycles. The number of rotatable bonds is 5. The van der Waals surface area contributed by atoms with Gasteiger partial charge in [0.05, 0.1) is 5.16 Å². The monoisotopic (exact) mass is 598 g/mol. The Morgan fingerprint density at radius 1 is 0.500 bits per heavy atom. The van der Waals surface area contributed by atoms with Crippen molar-refractivity contribution < 1.29 is 0 Å². The topological polar surface area (TPSA) is 0 Å². The molecule has 0 aliphatic heterocycles. The third-order valence-corrected chi connectivity index (χ3v) is 12.6. The predicted octanol–water partition coefficient (Wildman–Crippen LogP) is 7.91. The van der Waals surface area contributed by atoms with Gasteiger partial charge in [-0.2, -0.15) is 0 Å². The van der Waals surface area contributed by atoms with Gasteiger partial charge in [0.2, 0.25) is 0 Å². The Kier molecular flexibility index (Phi) is 6.99. The van der Waals surface area contributed by atoms with Crippen LogP contribution in [0.2, 0.25) is 0 Å². The van der Waals surface area contributed by atoms with E-state index in [1.807, 2.05) is 0 Å². The minimum absolute atomic E-state index is 0.358. The summed E-state index contributed by atoms with van der Waals surface area (Å²) in [5, 5.41) is 11.5. The normalized spacial score (nSPS) is 16.2. The van der Waals surface area contributed by atoms with E-state index in [1.54, 1.807) is 0 Å². The van der Waals surface area contributed by atoms with Gasteiger partial charge in [-0.1, -0.05) is 170 Å². The van der Waals surface area contributed by atoms with Crippen LogP contribution in [-0.2, 0) is 5.16 Å². The van der Waals surface area contributed by atoms with Crippen LogP contribution in [0.25, 0.3) is 33.2 Å². The van der Waals surface area contributed by atoms with E-state index >= 15 is 0 Å². The van der Waals surface area contributed by atoms with Crippen molar-refractivity contribution in [2.24, 2.45) is 0 Å². The lowest BCUT2D eigenvalue weighted by Gasteiger charge is -2.46. The maximum Gasteiger partial charge on any atom is 0.0536 e. The molecular weight excluding hydrogens is 566 g/mol. The Labute approximate surface area is 262 Å². The lowest BCUT2D eigenvalue weighted by Crippen LogP contribution is -2.44. The van der Waals surface area contributed by atoms with E-state index in [-0.39, 0.29) is 5.16 Å². The minimum atomic E-state index is -0.936. The van der Waals surface area contributed by atoms with Crippen LogP contribution >= 0.6 is 17.2 Å². The van der Waals surface area contributed by atoms with Crippen molar-refractivity contribution in [3.05, 3.63) is 185 Å². The molecule has 44 heavy (non-hydrogen) atoms. The molecule has 0 aromatic heterocycles. The second kappa shape index (κ2) is 11.3. The van der Waals surface area contributed by atoms with Crippen molar-refractivity contribution in [3.63, 3.8) is 0 Å². The first-order valence-corrected chi connectivity index (χ1v) is 17.1. The van der Waals surface area contributed by atoms with Crippen LogP contribution in [0.4, 0.5) is 0 Å². The first-order chi connectivity index (χ1) is 21.8. The van der Waals surface area contributed by atoms with E-state index in [0.29, 0.717) is 0 Å². The summed E-state index contributed by atoms with van der Waals surface area (Å²) < 4.78 is 0. The molecule has 0 radical (unpaired) electrons. The van der Waals surface area contributed by atoms with E-state index in [1.165, 1.54) is 64.6 Å². The quantitative estimate of drug-likeness (QED) is 0.177. The molecule has 7 aromatic carbocycles. The molecule has 0 fully saturated rings. The number of benzene rings is 7. The average Bonchev–Trinajstić information content (AvgIpc) is 3.09. The molecule has 7 aromatic rings. The molecular formula is C42H32P2. The van der Waals surface area contributed by atoms with Gasteiger partial charge in [-0.3, -0.25) is 0 Å². The van der Waals surface area contributed by atoms with Gasteiger partial charge in [-0.15, -0.1) is 9.24 Å². The fourth-order valence-corrected chi connectivity index (χ4v) is 11.0. The molecule has 0 nitrogen and oxygen atoms in total. The van der Waals surface area contributed by atoms with Crippen LogP contribution in [0.5, 0.6) is 0 Å². The molecule has 8 rings (SSSR count). The molecule has 1 aliphatic rings. The molecule has 0 heterocycles. The zero-order chi connectivity index (χ0) is 29.5. The fraction of sp³-hybridized carbons (Fsp3) is 0.0476. The number of fused-ring (bicyclic) bond motifs is 3. The molecule has 0 amide bonds. The SMILES string of the molecule is Pc1ccc2ccccc2c1C1=c2ccccc2=CCC1(c1cccc2ccccc12)P(c1ccccc1)c1ccccc1. The Hall–Kier alpha value is -4.34. The summed E-state index contributed by atoms with van der Waals surface area (Å²) in [4.78, 5) is 0. The predicted molar refractivity (Wildman–Crippen MR) is 195 cm³/mol. The van der Waals surface area contributed by atoms with Crippen molar-refractivity contribution in [2.45, 2.75) is 11.6 Å². The zero-order valence-corrected chi connectivity index (χ0v) is 26.4. The highest BCUT2D eigenvalue weighted by Gasteiger charge is 2.47. The third-order valence-electron chi connectivity index (χ3n) is 9.12. The highest BCUT2D eigenvalue weighted by molar-refractivity contribution is 7.74. The summed E-state index contributed by atoms with van der Waals surface area (Å²) in [5.41, 5.74) is 4.15. The average molecular weight is 599 g/mol. The van der Waals surface area contributed by atoms with Crippen LogP contribution < -0.4 is 26.4 Å². The van der Waals surface area contributed by atoms with Crippen LogP contribution in [0, 0.1) is 0 Å². The Bertz CT molecular complexity index is 2230. The summed E-state index contributed by atoms with van der Waals surface area (Å²) in [5.74, 6) is 0. The molecule has 2 atom stereocenters. The molecule has 2 unspecified atom stereocenters. The minimum Gasteiger partial charge on any atom is -0.105 e. The summed E-state index contributed by atoms with van der Waals surface area (Å²) in [6.07, 6.45) is 3.41. The summed E-state index contributed by atoms with van der Waals surface area (Å²) >= 11 is 0. The summed E-state index contributed by atoms with van der Waals surface area (Å²) in [7, 11) is 2.17. The Balaban J connectivity index is 1.64. The Morgan fingerprint density at radius 2 is 1.07 bits per heavy atom. The van der Waals surface area contributed by atoms with E-state index < -0.39 is 7.92 Å². The van der Waals surface area contributed by atoms with Crippen molar-refractivity contribution in [1.82, 2.24) is 0 Å². The highest BCUT2D eigenvalue weighted by atomic mass is 31.1. The second-order valence-electron chi connectivity index (χ2n) is 11.5. The van der Waals surface area contributed by atoms with Crippen LogP contribution in [-0.4, -0.2) is 0 Å². The summed E-state index contributed by atoms with van der Waals surface area (Å²) in [6.45, 7) is 0. The largest absolute Gasteiger partial charge is 0.105 e. The van der Waals surface area contributed by atoms with Gasteiger partial charge in [0.15, 0.2) is 0 Å². The molecule has 0 bridgehead atoms. The molecule has 0 spiro atoms. The fourth-order valence-electron chi connectivity index (χ4n) is 7.29. The van der Waals surface area contributed by atoms with Gasteiger partial charge in [-0.05, 0) is 78.9 Å². The van der Waals surface area contributed by atoms with Crippen LogP contribution in [0.1, 0.15) is 17.5 Å². The first kappa shape index (κ1) is 27.2. The van der Waals surface area contributed by atoms with E-state index in [9.17, 15) is 0 Å². The highest BCUT2D eigenvalue weighted by Crippen LogP contribution is 2.64. The van der Waals surface area contributed by atoms with Gasteiger partial charge in [0.1, 0.15) is 0 Å². The molecule has 0 saturated heterocycles. The molecule has 0 N–H and O–H groups in total. The lowest BCUT2D eigenvalue weighted by atomic mass is 9.76. The zero-order valence-electron chi connectivity index (χ0n) is 24.4. The van der Waals surface area contributed by atoms with Gasteiger partial charge in [0, 0.05) is 0 Å². The van der Waals surface area contributed by atoms with Gasteiger partial charge in [0.25, 0.3) is 0 Å². The second-order valence-corrected chi connectivity index (χ2v) is 14.6.